The summed E-state index contributed by atoms with van der Waals surface area (Å²) >= 11 is 1.87. The van der Waals surface area contributed by atoms with Gasteiger partial charge in [-0.15, -0.1) is 11.3 Å². The molecule has 1 nitrogen and oxygen atoms in total. The average Bonchev–Trinajstić information content (AvgIpc) is 2.89. The summed E-state index contributed by atoms with van der Waals surface area (Å²) < 4.78 is 1.43. The third-order valence-electron chi connectivity index (χ3n) is 5.54. The lowest BCUT2D eigenvalue weighted by molar-refractivity contribution is 0.299. The second-order valence-electron chi connectivity index (χ2n) is 7.35. The molecule has 1 heterocycles. The van der Waals surface area contributed by atoms with Crippen LogP contribution in [0.5, 0.6) is 0 Å². The van der Waals surface area contributed by atoms with Crippen LogP contribution in [0.3, 0.4) is 0 Å². The van der Waals surface area contributed by atoms with Gasteiger partial charge in [-0.2, -0.15) is 0 Å². The highest BCUT2D eigenvalue weighted by atomic mass is 32.1. The Balaban J connectivity index is 1.86. The standard InChI is InChI=1S/C20H25NS/c1-13-12-22-19-9-8-16(10-17(13)19)20-15-6-4-14(5-7-15)18(20)11-21(2)3/h8-10,12,14-15H,4-7,11H2,1-3H3. The molecule has 3 aliphatic rings. The van der Waals surface area contributed by atoms with Crippen molar-refractivity contribution in [1.82, 2.24) is 4.90 Å². The van der Waals surface area contributed by atoms with E-state index in [4.69, 9.17) is 0 Å². The molecular weight excluding hydrogens is 286 g/mol. The number of hydrogen-bond acceptors (Lipinski definition) is 2. The zero-order chi connectivity index (χ0) is 15.3. The fraction of sp³-hybridized carbons (Fsp3) is 0.500. The Morgan fingerprint density at radius 1 is 1.09 bits per heavy atom. The van der Waals surface area contributed by atoms with E-state index in [2.05, 4.69) is 49.5 Å². The Morgan fingerprint density at radius 2 is 1.82 bits per heavy atom. The number of hydrogen-bond donors (Lipinski definition) is 0. The minimum absolute atomic E-state index is 0.802. The molecule has 1 saturated carbocycles. The van der Waals surface area contributed by atoms with Crippen molar-refractivity contribution in [2.24, 2.45) is 11.8 Å². The molecule has 5 rings (SSSR count). The van der Waals surface area contributed by atoms with E-state index in [1.807, 2.05) is 11.3 Å². The molecule has 0 radical (unpaired) electrons. The Kier molecular flexibility index (Phi) is 3.62. The summed E-state index contributed by atoms with van der Waals surface area (Å²) in [7, 11) is 4.41. The smallest absolute Gasteiger partial charge is 0.0345 e. The lowest BCUT2D eigenvalue weighted by Crippen LogP contribution is -2.31. The van der Waals surface area contributed by atoms with Crippen molar-refractivity contribution >= 4 is 27.0 Å². The fourth-order valence-corrected chi connectivity index (χ4v) is 5.44. The van der Waals surface area contributed by atoms with Crippen LogP contribution in [0.1, 0.15) is 36.8 Å². The Labute approximate surface area is 137 Å². The second-order valence-corrected chi connectivity index (χ2v) is 8.27. The molecule has 0 saturated heterocycles. The van der Waals surface area contributed by atoms with Crippen molar-refractivity contribution < 1.29 is 0 Å². The molecule has 1 fully saturated rings. The van der Waals surface area contributed by atoms with Gasteiger partial charge in [0.2, 0.25) is 0 Å². The number of aryl methyl sites for hydroxylation is 1. The van der Waals surface area contributed by atoms with Crippen molar-refractivity contribution in [2.45, 2.75) is 32.6 Å². The van der Waals surface area contributed by atoms with Crippen molar-refractivity contribution in [1.29, 1.82) is 0 Å². The molecule has 0 amide bonds. The molecule has 0 aliphatic heterocycles. The number of benzene rings is 1. The molecule has 3 aliphatic carbocycles. The molecule has 0 unspecified atom stereocenters. The highest BCUT2D eigenvalue weighted by Gasteiger charge is 2.35. The van der Waals surface area contributed by atoms with Crippen LogP contribution in [-0.2, 0) is 0 Å². The summed E-state index contributed by atoms with van der Waals surface area (Å²) in [5.41, 5.74) is 6.36. The first-order valence-corrected chi connectivity index (χ1v) is 9.37. The zero-order valence-corrected chi connectivity index (χ0v) is 14.7. The number of thiophene rings is 1. The van der Waals surface area contributed by atoms with Gasteiger partial charge in [-0.25, -0.2) is 0 Å². The highest BCUT2D eigenvalue weighted by molar-refractivity contribution is 7.17. The average molecular weight is 311 g/mol. The van der Waals surface area contributed by atoms with Crippen LogP contribution >= 0.6 is 11.3 Å². The molecule has 2 aromatic rings. The van der Waals surface area contributed by atoms with Gasteiger partial charge in [-0.1, -0.05) is 6.07 Å². The van der Waals surface area contributed by atoms with Crippen molar-refractivity contribution in [2.75, 3.05) is 20.6 Å². The van der Waals surface area contributed by atoms with Crippen LogP contribution in [-0.4, -0.2) is 25.5 Å². The largest absolute Gasteiger partial charge is 0.305 e. The monoisotopic (exact) mass is 311 g/mol. The molecule has 0 spiro atoms. The Bertz CT molecular complexity index is 729. The lowest BCUT2D eigenvalue weighted by Gasteiger charge is -2.41. The van der Waals surface area contributed by atoms with Gasteiger partial charge in [0.1, 0.15) is 0 Å². The van der Waals surface area contributed by atoms with Gasteiger partial charge in [-0.3, -0.25) is 0 Å². The molecule has 0 N–H and O–H groups in total. The molecule has 0 atom stereocenters. The Morgan fingerprint density at radius 3 is 2.55 bits per heavy atom. The first-order valence-electron chi connectivity index (χ1n) is 8.49. The van der Waals surface area contributed by atoms with Crippen LogP contribution < -0.4 is 0 Å². The minimum Gasteiger partial charge on any atom is -0.305 e. The third kappa shape index (κ3) is 2.33. The first kappa shape index (κ1) is 14.5. The molecule has 1 aromatic carbocycles. The number of nitrogens with zero attached hydrogens (tertiary/aromatic N) is 1. The molecular formula is C20H25NS. The fourth-order valence-electron chi connectivity index (χ4n) is 4.51. The lowest BCUT2D eigenvalue weighted by atomic mass is 9.65. The predicted molar refractivity (Wildman–Crippen MR) is 97.5 cm³/mol. The van der Waals surface area contributed by atoms with E-state index in [1.54, 1.807) is 11.1 Å². The number of allylic oxidation sites excluding steroid dienone is 1. The summed E-state index contributed by atoms with van der Waals surface area (Å²) in [6, 6.07) is 7.18. The molecule has 22 heavy (non-hydrogen) atoms. The first-order chi connectivity index (χ1) is 10.6. The van der Waals surface area contributed by atoms with E-state index in [0.717, 1.165) is 18.4 Å². The number of fused-ring (bicyclic) bond motifs is 3. The van der Waals surface area contributed by atoms with Crippen molar-refractivity contribution in [3.63, 3.8) is 0 Å². The van der Waals surface area contributed by atoms with Gasteiger partial charge in [-0.05, 0) is 104 Å². The van der Waals surface area contributed by atoms with E-state index in [9.17, 15) is 0 Å². The number of likely N-dealkylation sites (N-methyl/N-ethyl adjacent to an activating group) is 1. The van der Waals surface area contributed by atoms with Gasteiger partial charge in [0.05, 0.1) is 0 Å². The maximum absolute atomic E-state index is 2.47. The normalized spacial score (nSPS) is 24.7. The predicted octanol–water partition coefficient (Wildman–Crippen LogP) is 5.34. The van der Waals surface area contributed by atoms with Crippen molar-refractivity contribution in [3.8, 4) is 0 Å². The van der Waals surface area contributed by atoms with Crippen LogP contribution in [0, 0.1) is 18.8 Å². The van der Waals surface area contributed by atoms with E-state index >= 15 is 0 Å². The minimum atomic E-state index is 0.802. The summed E-state index contributed by atoms with van der Waals surface area (Å²) in [5, 5.41) is 3.75. The van der Waals surface area contributed by atoms with Gasteiger partial charge < -0.3 is 4.90 Å². The van der Waals surface area contributed by atoms with E-state index < -0.39 is 0 Å². The van der Waals surface area contributed by atoms with Crippen LogP contribution in [0.2, 0.25) is 0 Å². The van der Waals surface area contributed by atoms with Gasteiger partial charge >= 0.3 is 0 Å². The van der Waals surface area contributed by atoms with Crippen LogP contribution in [0.25, 0.3) is 15.7 Å². The SMILES string of the molecule is Cc1csc2ccc(C3=C(CN(C)C)C4CCC3CC4)cc12. The third-order valence-corrected chi connectivity index (χ3v) is 6.62. The maximum atomic E-state index is 2.47. The van der Waals surface area contributed by atoms with Gasteiger partial charge in [0.15, 0.2) is 0 Å². The van der Waals surface area contributed by atoms with Crippen molar-refractivity contribution in [3.05, 3.63) is 40.3 Å². The summed E-state index contributed by atoms with van der Waals surface area (Å²) in [6.07, 6.45) is 5.63. The molecule has 2 bridgehead atoms. The van der Waals surface area contributed by atoms with E-state index in [0.29, 0.717) is 0 Å². The maximum Gasteiger partial charge on any atom is 0.0345 e. The molecule has 2 heteroatoms. The highest BCUT2D eigenvalue weighted by Crippen LogP contribution is 2.49. The summed E-state index contributed by atoms with van der Waals surface area (Å²) in [5.74, 6) is 1.64. The van der Waals surface area contributed by atoms with Gasteiger partial charge in [0, 0.05) is 11.2 Å². The van der Waals surface area contributed by atoms with E-state index in [-0.39, 0.29) is 0 Å². The summed E-state index contributed by atoms with van der Waals surface area (Å²) in [4.78, 5) is 2.35. The van der Waals surface area contributed by atoms with Crippen LogP contribution in [0.4, 0.5) is 0 Å². The zero-order valence-electron chi connectivity index (χ0n) is 13.9. The second kappa shape index (κ2) is 5.50. The Hall–Kier alpha value is -1.12. The summed E-state index contributed by atoms with van der Waals surface area (Å²) in [6.45, 7) is 3.38. The van der Waals surface area contributed by atoms with E-state index in [1.165, 1.54) is 46.9 Å². The number of rotatable bonds is 3. The molecule has 1 aromatic heterocycles. The molecule has 116 valence electrons. The quantitative estimate of drug-likeness (QED) is 0.739. The van der Waals surface area contributed by atoms with Crippen LogP contribution in [0.15, 0.2) is 29.2 Å². The topological polar surface area (TPSA) is 3.24 Å². The van der Waals surface area contributed by atoms with Gasteiger partial charge in [0.25, 0.3) is 0 Å².